The minimum Gasteiger partial charge on any atom is -0.490 e. The minimum atomic E-state index is -4.72. The van der Waals surface area contributed by atoms with Gasteiger partial charge in [-0.1, -0.05) is 0 Å². The third-order valence-electron chi connectivity index (χ3n) is 7.48. The van der Waals surface area contributed by atoms with Crippen LogP contribution in [0.4, 0.5) is 47.3 Å². The molecular weight excluding hydrogens is 706 g/mol. The number of non-ortho nitro benzene ring substituents is 1. The monoisotopic (exact) mass is 750 g/mol. The van der Waals surface area contributed by atoms with E-state index in [1.807, 2.05) is 0 Å². The largest absolute Gasteiger partial charge is 0.490 e. The van der Waals surface area contributed by atoms with Gasteiger partial charge in [-0.3, -0.25) is 10.1 Å². The van der Waals surface area contributed by atoms with E-state index in [-0.39, 0.29) is 23.3 Å². The number of likely N-dealkylation sites (tertiary alicyclic amines) is 2. The van der Waals surface area contributed by atoms with Crippen LogP contribution in [0.2, 0.25) is 0 Å². The highest BCUT2D eigenvalue weighted by Gasteiger charge is 2.35. The zero-order valence-corrected chi connectivity index (χ0v) is 29.7. The number of ether oxygens (including phenoxy) is 4. The lowest BCUT2D eigenvalue weighted by atomic mass is 10.1. The van der Waals surface area contributed by atoms with Crippen LogP contribution in [0.3, 0.4) is 0 Å². The van der Waals surface area contributed by atoms with Gasteiger partial charge in [-0.15, -0.1) is 0 Å². The van der Waals surface area contributed by atoms with Gasteiger partial charge in [-0.05, 0) is 59.7 Å². The molecule has 2 aromatic rings. The number of nitrogen functional groups attached to an aromatic ring is 1. The Hall–Kier alpha value is -4.64. The highest BCUT2D eigenvalue weighted by atomic mass is 19.4. The standard InChI is InChI=1S/C17H21F3N2O5.C17H23F3N2O3/c1-16(2,3)27-15(23)21-6-4-13(5-7-21)26-14-9-11(17(18,19)20)8-12(10-14)22(24)25;1-16(2,3)25-15(23)22-6-4-13(5-7-22)24-14-9-11(17(18,19)20)8-12(21)10-14/h8-10,13H,4-7H2,1-3H3;8-10,13H,4-7,21H2,1-3H3. The van der Waals surface area contributed by atoms with Crippen molar-refractivity contribution in [1.29, 1.82) is 0 Å². The maximum Gasteiger partial charge on any atom is 0.416 e. The summed E-state index contributed by atoms with van der Waals surface area (Å²) in [5.41, 5.74) is 1.67. The van der Waals surface area contributed by atoms with Gasteiger partial charge in [0.15, 0.2) is 0 Å². The summed E-state index contributed by atoms with van der Waals surface area (Å²) in [6.07, 6.45) is -9.01. The molecule has 18 heteroatoms. The van der Waals surface area contributed by atoms with Gasteiger partial charge in [0.2, 0.25) is 0 Å². The number of hydrogen-bond donors (Lipinski definition) is 1. The van der Waals surface area contributed by atoms with Crippen LogP contribution in [0.5, 0.6) is 11.5 Å². The van der Waals surface area contributed by atoms with Gasteiger partial charge in [0, 0.05) is 69.7 Å². The maximum atomic E-state index is 12.9. The number of rotatable bonds is 5. The average molecular weight is 751 g/mol. The predicted molar refractivity (Wildman–Crippen MR) is 177 cm³/mol. The number of halogens is 6. The topological polar surface area (TPSA) is 147 Å². The normalized spacial score (nSPS) is 16.4. The molecule has 2 amide bonds. The van der Waals surface area contributed by atoms with Gasteiger partial charge >= 0.3 is 24.5 Å². The molecule has 0 atom stereocenters. The smallest absolute Gasteiger partial charge is 0.416 e. The van der Waals surface area contributed by atoms with E-state index >= 15 is 0 Å². The molecule has 0 bridgehead atoms. The van der Waals surface area contributed by atoms with E-state index < -0.39 is 63.6 Å². The second kappa shape index (κ2) is 16.4. The number of nitrogens with zero attached hydrogens (tertiary/aromatic N) is 3. The molecule has 2 aromatic carbocycles. The van der Waals surface area contributed by atoms with Crippen LogP contribution < -0.4 is 15.2 Å². The number of benzene rings is 2. The molecule has 0 aliphatic carbocycles. The summed E-state index contributed by atoms with van der Waals surface area (Å²) >= 11 is 0. The molecule has 0 saturated carbocycles. The molecule has 2 N–H and O–H groups in total. The van der Waals surface area contributed by atoms with Gasteiger partial charge < -0.3 is 34.5 Å². The Morgan fingerprint density at radius 1 is 0.673 bits per heavy atom. The summed E-state index contributed by atoms with van der Waals surface area (Å²) in [5, 5.41) is 10.9. The molecular formula is C34H44F6N4O8. The summed E-state index contributed by atoms with van der Waals surface area (Å²) in [6.45, 7) is 12.1. The molecule has 0 spiro atoms. The summed E-state index contributed by atoms with van der Waals surface area (Å²) in [4.78, 5) is 37.1. The summed E-state index contributed by atoms with van der Waals surface area (Å²) < 4.78 is 99.0. The Bertz CT molecular complexity index is 1560. The van der Waals surface area contributed by atoms with Crippen LogP contribution in [0, 0.1) is 10.1 Å². The first kappa shape index (κ1) is 41.8. The SMILES string of the molecule is CC(C)(C)OC(=O)N1CCC(Oc2cc(N)cc(C(F)(F)F)c2)CC1.CC(C)(C)OC(=O)N1CCC(Oc2cc([N+](=O)[O-])cc(C(F)(F)F)c2)CC1. The first-order chi connectivity index (χ1) is 23.8. The number of nitrogens with two attached hydrogens (primary N) is 1. The molecule has 2 saturated heterocycles. The zero-order chi connectivity index (χ0) is 39.2. The second-order valence-corrected chi connectivity index (χ2v) is 14.3. The number of hydrogen-bond acceptors (Lipinski definition) is 9. The Morgan fingerprint density at radius 3 is 1.38 bits per heavy atom. The molecule has 2 aliphatic rings. The quantitative estimate of drug-likeness (QED) is 0.138. The van der Waals surface area contributed by atoms with Crippen molar-refractivity contribution in [2.24, 2.45) is 0 Å². The van der Waals surface area contributed by atoms with Gasteiger partial charge in [-0.2, -0.15) is 26.3 Å². The van der Waals surface area contributed by atoms with E-state index in [1.165, 1.54) is 11.0 Å². The van der Waals surface area contributed by atoms with E-state index in [0.29, 0.717) is 57.9 Å². The molecule has 2 aliphatic heterocycles. The van der Waals surface area contributed by atoms with Crippen molar-refractivity contribution >= 4 is 23.6 Å². The van der Waals surface area contributed by atoms with Crippen LogP contribution in [0.25, 0.3) is 0 Å². The summed E-state index contributed by atoms with van der Waals surface area (Å²) in [5.74, 6) is -0.129. The molecule has 0 unspecified atom stereocenters. The van der Waals surface area contributed by atoms with Crippen molar-refractivity contribution in [1.82, 2.24) is 9.80 Å². The molecule has 0 radical (unpaired) electrons. The number of anilines is 1. The third-order valence-corrected chi connectivity index (χ3v) is 7.48. The Balaban J connectivity index is 0.000000281. The number of nitro benzene ring substituents is 1. The predicted octanol–water partition coefficient (Wildman–Crippen LogP) is 8.46. The van der Waals surface area contributed by atoms with Crippen LogP contribution in [0.1, 0.15) is 78.4 Å². The van der Waals surface area contributed by atoms with E-state index in [4.69, 9.17) is 24.7 Å². The third kappa shape index (κ3) is 13.5. The zero-order valence-electron chi connectivity index (χ0n) is 29.7. The number of alkyl halides is 6. The fraction of sp³-hybridized carbons (Fsp3) is 0.588. The molecule has 12 nitrogen and oxygen atoms in total. The van der Waals surface area contributed by atoms with Gasteiger partial charge in [0.1, 0.15) is 34.9 Å². The van der Waals surface area contributed by atoms with E-state index in [2.05, 4.69) is 0 Å². The lowest BCUT2D eigenvalue weighted by molar-refractivity contribution is -0.385. The molecule has 4 rings (SSSR count). The van der Waals surface area contributed by atoms with Gasteiger partial charge in [0.05, 0.1) is 22.1 Å². The number of nitro groups is 1. The summed E-state index contributed by atoms with van der Waals surface area (Å²) in [7, 11) is 0. The Morgan fingerprint density at radius 2 is 1.04 bits per heavy atom. The number of piperidine rings is 2. The van der Waals surface area contributed by atoms with Crippen LogP contribution in [-0.2, 0) is 21.8 Å². The lowest BCUT2D eigenvalue weighted by Crippen LogP contribution is -2.44. The molecule has 290 valence electrons. The highest BCUT2D eigenvalue weighted by molar-refractivity contribution is 5.68. The number of carbonyl (C=O) groups excluding carboxylic acids is 2. The van der Waals surface area contributed by atoms with Gasteiger partial charge in [0.25, 0.3) is 5.69 Å². The number of carbonyl (C=O) groups is 2. The summed E-state index contributed by atoms with van der Waals surface area (Å²) in [6, 6.07) is 5.37. The average Bonchev–Trinajstić information content (AvgIpc) is 2.99. The minimum absolute atomic E-state index is 0.00369. The van der Waals surface area contributed by atoms with Crippen molar-refractivity contribution in [2.75, 3.05) is 31.9 Å². The van der Waals surface area contributed by atoms with Crippen molar-refractivity contribution in [3.63, 3.8) is 0 Å². The van der Waals surface area contributed by atoms with Crippen molar-refractivity contribution < 1.29 is 59.8 Å². The van der Waals surface area contributed by atoms with E-state index in [1.54, 1.807) is 46.4 Å². The first-order valence-corrected chi connectivity index (χ1v) is 16.4. The number of amides is 2. The first-order valence-electron chi connectivity index (χ1n) is 16.4. The van der Waals surface area contributed by atoms with Crippen molar-refractivity contribution in [3.05, 3.63) is 57.6 Å². The highest BCUT2D eigenvalue weighted by Crippen LogP contribution is 2.36. The molecule has 2 heterocycles. The molecule has 52 heavy (non-hydrogen) atoms. The Labute approximate surface area is 297 Å². The fourth-order valence-electron chi connectivity index (χ4n) is 5.12. The second-order valence-electron chi connectivity index (χ2n) is 14.3. The van der Waals surface area contributed by atoms with E-state index in [0.717, 1.165) is 24.3 Å². The maximum absolute atomic E-state index is 12.9. The van der Waals surface area contributed by atoms with Crippen molar-refractivity contribution in [2.45, 2.75) is 103 Å². The Kier molecular flexibility index (Phi) is 13.1. The van der Waals surface area contributed by atoms with Gasteiger partial charge in [-0.25, -0.2) is 9.59 Å². The lowest BCUT2D eigenvalue weighted by Gasteiger charge is -2.33. The molecule has 2 fully saturated rings. The van der Waals surface area contributed by atoms with E-state index in [9.17, 15) is 46.0 Å². The fourth-order valence-corrected chi connectivity index (χ4v) is 5.12. The van der Waals surface area contributed by atoms with Crippen LogP contribution in [0.15, 0.2) is 36.4 Å². The van der Waals surface area contributed by atoms with Crippen LogP contribution >= 0.6 is 0 Å². The molecule has 0 aromatic heterocycles. The van der Waals surface area contributed by atoms with Crippen LogP contribution in [-0.4, -0.2) is 76.5 Å². The van der Waals surface area contributed by atoms with Crippen molar-refractivity contribution in [3.8, 4) is 11.5 Å².